The van der Waals surface area contributed by atoms with E-state index < -0.39 is 0 Å². The molecular weight excluding hydrogens is 296 g/mol. The van der Waals surface area contributed by atoms with Gasteiger partial charge in [0.2, 0.25) is 0 Å². The summed E-state index contributed by atoms with van der Waals surface area (Å²) in [6.45, 7) is 3.55. The van der Waals surface area contributed by atoms with Gasteiger partial charge in [0.25, 0.3) is 0 Å². The second-order valence-electron chi connectivity index (χ2n) is 6.79. The lowest BCUT2D eigenvalue weighted by molar-refractivity contribution is 0.310. The van der Waals surface area contributed by atoms with Crippen molar-refractivity contribution in [3.63, 3.8) is 0 Å². The van der Waals surface area contributed by atoms with Crippen LogP contribution in [-0.2, 0) is 26.0 Å². The van der Waals surface area contributed by atoms with Crippen LogP contribution in [0.15, 0.2) is 48.5 Å². The van der Waals surface area contributed by atoms with E-state index >= 15 is 0 Å². The SMILES string of the molecule is C[C@H](N)Cn1c2c(c3c(OCc4ccccc4)cccc31)CCC2. The fraction of sp³-hybridized carbons (Fsp3) is 0.333. The van der Waals surface area contributed by atoms with Crippen LogP contribution in [0.2, 0.25) is 0 Å². The maximum Gasteiger partial charge on any atom is 0.129 e. The van der Waals surface area contributed by atoms with Crippen LogP contribution in [0.3, 0.4) is 0 Å². The molecule has 1 aromatic heterocycles. The molecule has 2 aromatic carbocycles. The Morgan fingerprint density at radius 1 is 1.08 bits per heavy atom. The number of rotatable bonds is 5. The molecule has 0 fully saturated rings. The molecule has 4 rings (SSSR count). The van der Waals surface area contributed by atoms with Gasteiger partial charge in [0, 0.05) is 23.7 Å². The van der Waals surface area contributed by atoms with Gasteiger partial charge in [0.1, 0.15) is 12.4 Å². The zero-order chi connectivity index (χ0) is 16.5. The van der Waals surface area contributed by atoms with E-state index in [-0.39, 0.29) is 6.04 Å². The van der Waals surface area contributed by atoms with Gasteiger partial charge < -0.3 is 15.0 Å². The van der Waals surface area contributed by atoms with E-state index in [1.165, 1.54) is 34.1 Å². The summed E-state index contributed by atoms with van der Waals surface area (Å²) in [4.78, 5) is 0. The molecule has 0 unspecified atom stereocenters. The van der Waals surface area contributed by atoms with Gasteiger partial charge >= 0.3 is 0 Å². The summed E-state index contributed by atoms with van der Waals surface area (Å²) in [7, 11) is 0. The number of aryl methyl sites for hydroxylation is 1. The Labute approximate surface area is 143 Å². The first-order valence-corrected chi connectivity index (χ1v) is 8.79. The molecule has 0 amide bonds. The highest BCUT2D eigenvalue weighted by molar-refractivity contribution is 5.92. The molecule has 0 bridgehead atoms. The van der Waals surface area contributed by atoms with Gasteiger partial charge in [-0.1, -0.05) is 36.4 Å². The molecule has 3 aromatic rings. The molecule has 0 aliphatic heterocycles. The third-order valence-corrected chi connectivity index (χ3v) is 4.82. The summed E-state index contributed by atoms with van der Waals surface area (Å²) < 4.78 is 8.62. The smallest absolute Gasteiger partial charge is 0.129 e. The van der Waals surface area contributed by atoms with E-state index in [0.717, 1.165) is 25.1 Å². The van der Waals surface area contributed by atoms with Crippen molar-refractivity contribution in [2.45, 2.75) is 45.4 Å². The first-order chi connectivity index (χ1) is 11.7. The summed E-state index contributed by atoms with van der Waals surface area (Å²) >= 11 is 0. The number of aromatic nitrogens is 1. The van der Waals surface area contributed by atoms with E-state index in [9.17, 15) is 0 Å². The monoisotopic (exact) mass is 320 g/mol. The van der Waals surface area contributed by atoms with Crippen molar-refractivity contribution in [1.82, 2.24) is 4.57 Å². The fourth-order valence-corrected chi connectivity index (χ4v) is 3.84. The highest BCUT2D eigenvalue weighted by Gasteiger charge is 2.24. The Kier molecular flexibility index (Phi) is 4.03. The summed E-state index contributed by atoms with van der Waals surface area (Å²) in [5.74, 6) is 0.998. The molecule has 2 N–H and O–H groups in total. The fourth-order valence-electron chi connectivity index (χ4n) is 3.84. The molecule has 124 valence electrons. The summed E-state index contributed by atoms with van der Waals surface area (Å²) in [6.07, 6.45) is 3.52. The Hall–Kier alpha value is -2.26. The largest absolute Gasteiger partial charge is 0.488 e. The lowest BCUT2D eigenvalue weighted by Gasteiger charge is -2.13. The average Bonchev–Trinajstić information content (AvgIpc) is 3.16. The molecule has 1 heterocycles. The van der Waals surface area contributed by atoms with Crippen LogP contribution >= 0.6 is 0 Å². The minimum absolute atomic E-state index is 0.152. The maximum atomic E-state index is 6.20. The Morgan fingerprint density at radius 2 is 1.92 bits per heavy atom. The minimum atomic E-state index is 0.152. The van der Waals surface area contributed by atoms with Crippen molar-refractivity contribution in [3.8, 4) is 5.75 Å². The van der Waals surface area contributed by atoms with Crippen LogP contribution in [0.25, 0.3) is 10.9 Å². The number of nitrogens with two attached hydrogens (primary N) is 1. The van der Waals surface area contributed by atoms with Crippen molar-refractivity contribution < 1.29 is 4.74 Å². The van der Waals surface area contributed by atoms with Gasteiger partial charge in [-0.05, 0) is 49.4 Å². The molecule has 1 aliphatic carbocycles. The van der Waals surface area contributed by atoms with Gasteiger partial charge in [-0.25, -0.2) is 0 Å². The maximum absolute atomic E-state index is 6.20. The first-order valence-electron chi connectivity index (χ1n) is 8.79. The van der Waals surface area contributed by atoms with Crippen LogP contribution in [0.1, 0.15) is 30.2 Å². The molecule has 1 atom stereocenters. The molecule has 0 spiro atoms. The third-order valence-electron chi connectivity index (χ3n) is 4.82. The van der Waals surface area contributed by atoms with Crippen molar-refractivity contribution >= 4 is 10.9 Å². The molecule has 0 saturated heterocycles. The molecular formula is C21H24N2O. The van der Waals surface area contributed by atoms with Crippen LogP contribution in [-0.4, -0.2) is 10.6 Å². The van der Waals surface area contributed by atoms with Crippen molar-refractivity contribution in [1.29, 1.82) is 0 Å². The highest BCUT2D eigenvalue weighted by Crippen LogP contribution is 2.38. The zero-order valence-corrected chi connectivity index (χ0v) is 14.2. The average molecular weight is 320 g/mol. The highest BCUT2D eigenvalue weighted by atomic mass is 16.5. The molecule has 0 radical (unpaired) electrons. The van der Waals surface area contributed by atoms with E-state index in [1.54, 1.807) is 0 Å². The van der Waals surface area contributed by atoms with Gasteiger partial charge in [-0.15, -0.1) is 0 Å². The van der Waals surface area contributed by atoms with Crippen molar-refractivity contribution in [2.24, 2.45) is 5.73 Å². The summed E-state index contributed by atoms with van der Waals surface area (Å²) in [5, 5.41) is 1.29. The van der Waals surface area contributed by atoms with E-state index in [2.05, 4.69) is 54.0 Å². The molecule has 3 heteroatoms. The Balaban J connectivity index is 1.74. The Morgan fingerprint density at radius 3 is 2.71 bits per heavy atom. The first kappa shape index (κ1) is 15.3. The normalized spacial score (nSPS) is 14.8. The lowest BCUT2D eigenvalue weighted by atomic mass is 10.1. The Bertz CT molecular complexity index is 849. The van der Waals surface area contributed by atoms with Gasteiger partial charge in [-0.2, -0.15) is 0 Å². The molecule has 0 saturated carbocycles. The number of ether oxygens (including phenoxy) is 1. The predicted molar refractivity (Wildman–Crippen MR) is 98.4 cm³/mol. The molecule has 1 aliphatic rings. The predicted octanol–water partition coefficient (Wildman–Crippen LogP) is 4.06. The van der Waals surface area contributed by atoms with Crippen LogP contribution in [0.5, 0.6) is 5.75 Å². The molecule has 24 heavy (non-hydrogen) atoms. The third kappa shape index (κ3) is 2.69. The second-order valence-corrected chi connectivity index (χ2v) is 6.79. The number of nitrogens with zero attached hydrogens (tertiary/aromatic N) is 1. The van der Waals surface area contributed by atoms with Gasteiger partial charge in [-0.3, -0.25) is 0 Å². The van der Waals surface area contributed by atoms with Gasteiger partial charge in [0.05, 0.1) is 5.52 Å². The summed E-state index contributed by atoms with van der Waals surface area (Å²) in [6, 6.07) is 16.9. The zero-order valence-electron chi connectivity index (χ0n) is 14.2. The van der Waals surface area contributed by atoms with Gasteiger partial charge in [0.15, 0.2) is 0 Å². The lowest BCUT2D eigenvalue weighted by Crippen LogP contribution is -2.23. The van der Waals surface area contributed by atoms with E-state index in [4.69, 9.17) is 10.5 Å². The number of hydrogen-bond donors (Lipinski definition) is 1. The van der Waals surface area contributed by atoms with Crippen LogP contribution in [0.4, 0.5) is 0 Å². The quantitative estimate of drug-likeness (QED) is 0.770. The number of hydrogen-bond acceptors (Lipinski definition) is 2. The van der Waals surface area contributed by atoms with Crippen molar-refractivity contribution in [3.05, 3.63) is 65.4 Å². The summed E-state index contributed by atoms with van der Waals surface area (Å²) in [5.41, 5.74) is 11.5. The number of fused-ring (bicyclic) bond motifs is 3. The van der Waals surface area contributed by atoms with Crippen LogP contribution < -0.4 is 10.5 Å². The molecule has 3 nitrogen and oxygen atoms in total. The van der Waals surface area contributed by atoms with E-state index in [1.807, 2.05) is 6.07 Å². The second kappa shape index (κ2) is 6.33. The van der Waals surface area contributed by atoms with Crippen LogP contribution in [0, 0.1) is 0 Å². The van der Waals surface area contributed by atoms with Crippen molar-refractivity contribution in [2.75, 3.05) is 0 Å². The minimum Gasteiger partial charge on any atom is -0.488 e. The standard InChI is InChI=1S/C21H24N2O/c1-15(22)13-23-18-10-5-9-17(18)21-19(23)11-6-12-20(21)24-14-16-7-3-2-4-8-16/h2-4,6-8,11-12,15H,5,9-10,13-14,22H2,1H3/t15-/m0/s1. The number of benzene rings is 2. The van der Waals surface area contributed by atoms with E-state index in [0.29, 0.717) is 6.61 Å². The topological polar surface area (TPSA) is 40.2 Å².